The van der Waals surface area contributed by atoms with Crippen molar-refractivity contribution in [3.05, 3.63) is 0 Å². The average Bonchev–Trinajstić information content (AvgIpc) is 2.28. The first-order chi connectivity index (χ1) is 7.96. The molecule has 0 radical (unpaired) electrons. The van der Waals surface area contributed by atoms with E-state index >= 15 is 0 Å². The van der Waals surface area contributed by atoms with Gasteiger partial charge in [0.2, 0.25) is 5.91 Å². The van der Waals surface area contributed by atoms with Gasteiger partial charge in [-0.25, -0.2) is 0 Å². The first kappa shape index (κ1) is 14.6. The van der Waals surface area contributed by atoms with Gasteiger partial charge in [-0.05, 0) is 19.3 Å². The number of rotatable bonds is 4. The Hall–Kier alpha value is -0.450. The maximum Gasteiger partial charge on any atom is 0.392 e. The molecule has 0 spiro atoms. The molecule has 1 saturated carbocycles. The summed E-state index contributed by atoms with van der Waals surface area (Å²) in [6, 6.07) is 0. The summed E-state index contributed by atoms with van der Waals surface area (Å²) in [7, 11) is 0. The molecule has 0 bridgehead atoms. The standard InChI is InChI=1S/C11H17ClF3NO/c12-6-3-7-16-10(17)8-4-1-2-5-9(8)11(13,14)15/h8-9H,1-7H2,(H,16,17). The molecule has 1 aliphatic carbocycles. The normalized spacial score (nSPS) is 25.6. The minimum atomic E-state index is -4.27. The third-order valence-corrected chi connectivity index (χ3v) is 3.40. The number of hydrogen-bond donors (Lipinski definition) is 1. The largest absolute Gasteiger partial charge is 0.392 e. The Kier molecular flexibility index (Phi) is 5.56. The van der Waals surface area contributed by atoms with Crippen LogP contribution in [0.3, 0.4) is 0 Å². The number of hydrogen-bond acceptors (Lipinski definition) is 1. The Morgan fingerprint density at radius 1 is 1.29 bits per heavy atom. The highest BCUT2D eigenvalue weighted by molar-refractivity contribution is 6.17. The van der Waals surface area contributed by atoms with Crippen molar-refractivity contribution < 1.29 is 18.0 Å². The number of carbonyl (C=O) groups is 1. The van der Waals surface area contributed by atoms with E-state index in [1.807, 2.05) is 0 Å². The van der Waals surface area contributed by atoms with E-state index in [4.69, 9.17) is 11.6 Å². The van der Waals surface area contributed by atoms with E-state index in [1.165, 1.54) is 0 Å². The SMILES string of the molecule is O=C(NCCCCl)C1CCCCC1C(F)(F)F. The fraction of sp³-hybridized carbons (Fsp3) is 0.909. The lowest BCUT2D eigenvalue weighted by Gasteiger charge is -2.31. The molecule has 6 heteroatoms. The molecule has 1 amide bonds. The maximum absolute atomic E-state index is 12.7. The molecule has 17 heavy (non-hydrogen) atoms. The van der Waals surface area contributed by atoms with Gasteiger partial charge in [-0.1, -0.05) is 12.8 Å². The van der Waals surface area contributed by atoms with Crippen LogP contribution in [0.5, 0.6) is 0 Å². The van der Waals surface area contributed by atoms with Gasteiger partial charge in [0.05, 0.1) is 5.92 Å². The molecule has 0 aromatic heterocycles. The summed E-state index contributed by atoms with van der Waals surface area (Å²) in [4.78, 5) is 11.7. The minimum absolute atomic E-state index is 0.0666. The van der Waals surface area contributed by atoms with Crippen LogP contribution in [0.1, 0.15) is 32.1 Å². The van der Waals surface area contributed by atoms with Crippen LogP contribution >= 0.6 is 11.6 Å². The van der Waals surface area contributed by atoms with E-state index < -0.39 is 23.9 Å². The van der Waals surface area contributed by atoms with Gasteiger partial charge < -0.3 is 5.32 Å². The van der Waals surface area contributed by atoms with Gasteiger partial charge in [-0.2, -0.15) is 13.2 Å². The molecule has 2 nitrogen and oxygen atoms in total. The van der Waals surface area contributed by atoms with Crippen LogP contribution in [0.2, 0.25) is 0 Å². The molecule has 0 aromatic carbocycles. The highest BCUT2D eigenvalue weighted by Gasteiger charge is 2.47. The zero-order chi connectivity index (χ0) is 12.9. The quantitative estimate of drug-likeness (QED) is 0.618. The van der Waals surface area contributed by atoms with E-state index in [-0.39, 0.29) is 6.42 Å². The molecular weight excluding hydrogens is 255 g/mol. The Bertz CT molecular complexity index is 258. The average molecular weight is 272 g/mol. The van der Waals surface area contributed by atoms with Crippen molar-refractivity contribution in [3.63, 3.8) is 0 Å². The second-order valence-corrected chi connectivity index (χ2v) is 4.75. The third-order valence-electron chi connectivity index (χ3n) is 3.13. The molecule has 1 aliphatic rings. The Morgan fingerprint density at radius 2 is 1.94 bits per heavy atom. The van der Waals surface area contributed by atoms with Crippen molar-refractivity contribution in [3.8, 4) is 0 Å². The van der Waals surface area contributed by atoms with Crippen molar-refractivity contribution in [2.75, 3.05) is 12.4 Å². The summed E-state index contributed by atoms with van der Waals surface area (Å²) in [5.74, 6) is -2.48. The highest BCUT2D eigenvalue weighted by atomic mass is 35.5. The first-order valence-corrected chi connectivity index (χ1v) is 6.40. The third kappa shape index (κ3) is 4.37. The molecule has 100 valence electrons. The number of carbonyl (C=O) groups excluding carboxylic acids is 1. The minimum Gasteiger partial charge on any atom is -0.356 e. The van der Waals surface area contributed by atoms with Gasteiger partial charge in [0.15, 0.2) is 0 Å². The van der Waals surface area contributed by atoms with E-state index in [2.05, 4.69) is 5.32 Å². The number of amides is 1. The van der Waals surface area contributed by atoms with Crippen molar-refractivity contribution in [1.29, 1.82) is 0 Å². The van der Waals surface area contributed by atoms with Crippen molar-refractivity contribution in [1.82, 2.24) is 5.32 Å². The Morgan fingerprint density at radius 3 is 2.53 bits per heavy atom. The predicted octanol–water partition coefficient (Wildman–Crippen LogP) is 3.10. The number of nitrogens with one attached hydrogen (secondary N) is 1. The Balaban J connectivity index is 2.55. The topological polar surface area (TPSA) is 29.1 Å². The second kappa shape index (κ2) is 6.47. The van der Waals surface area contributed by atoms with Gasteiger partial charge in [-0.15, -0.1) is 11.6 Å². The molecule has 0 aliphatic heterocycles. The summed E-state index contributed by atoms with van der Waals surface area (Å²) in [6.45, 7) is 0.351. The molecule has 1 N–H and O–H groups in total. The Labute approximate surface area is 104 Å². The van der Waals surface area contributed by atoms with Crippen LogP contribution in [-0.4, -0.2) is 24.5 Å². The molecule has 1 fully saturated rings. The summed E-state index contributed by atoms with van der Waals surface area (Å²) >= 11 is 5.44. The fourth-order valence-corrected chi connectivity index (χ4v) is 2.38. The van der Waals surface area contributed by atoms with E-state index in [1.54, 1.807) is 0 Å². The van der Waals surface area contributed by atoms with Gasteiger partial charge in [0, 0.05) is 18.3 Å². The van der Waals surface area contributed by atoms with Crippen LogP contribution in [0.4, 0.5) is 13.2 Å². The van der Waals surface area contributed by atoms with E-state index in [0.29, 0.717) is 38.1 Å². The summed E-state index contributed by atoms with van der Waals surface area (Å²) in [6.07, 6.45) is -2.05. The van der Waals surface area contributed by atoms with E-state index in [0.717, 1.165) is 0 Å². The van der Waals surface area contributed by atoms with Gasteiger partial charge >= 0.3 is 6.18 Å². The number of halogens is 4. The summed E-state index contributed by atoms with van der Waals surface area (Å²) in [5, 5.41) is 2.53. The van der Waals surface area contributed by atoms with Crippen LogP contribution < -0.4 is 5.32 Å². The summed E-state index contributed by atoms with van der Waals surface area (Å²) < 4.78 is 38.2. The second-order valence-electron chi connectivity index (χ2n) is 4.37. The lowest BCUT2D eigenvalue weighted by Crippen LogP contribution is -2.42. The molecule has 2 atom stereocenters. The lowest BCUT2D eigenvalue weighted by molar-refractivity contribution is -0.198. The molecular formula is C11H17ClF3NO. The van der Waals surface area contributed by atoms with Crippen LogP contribution in [0.25, 0.3) is 0 Å². The molecule has 0 heterocycles. The molecule has 0 saturated heterocycles. The first-order valence-electron chi connectivity index (χ1n) is 5.87. The highest BCUT2D eigenvalue weighted by Crippen LogP contribution is 2.41. The van der Waals surface area contributed by atoms with E-state index in [9.17, 15) is 18.0 Å². The van der Waals surface area contributed by atoms with Gasteiger partial charge in [0.25, 0.3) is 0 Å². The van der Waals surface area contributed by atoms with Gasteiger partial charge in [0.1, 0.15) is 0 Å². The van der Waals surface area contributed by atoms with Gasteiger partial charge in [-0.3, -0.25) is 4.79 Å². The molecule has 1 rings (SSSR count). The molecule has 2 unspecified atom stereocenters. The zero-order valence-corrected chi connectivity index (χ0v) is 10.3. The van der Waals surface area contributed by atoms with Crippen LogP contribution in [-0.2, 0) is 4.79 Å². The number of alkyl halides is 4. The van der Waals surface area contributed by atoms with Crippen LogP contribution in [0.15, 0.2) is 0 Å². The predicted molar refractivity (Wildman–Crippen MR) is 59.8 cm³/mol. The monoisotopic (exact) mass is 271 g/mol. The summed E-state index contributed by atoms with van der Waals surface area (Å²) in [5.41, 5.74) is 0. The van der Waals surface area contributed by atoms with Crippen molar-refractivity contribution >= 4 is 17.5 Å². The lowest BCUT2D eigenvalue weighted by atomic mass is 9.78. The fourth-order valence-electron chi connectivity index (χ4n) is 2.25. The molecule has 0 aromatic rings. The van der Waals surface area contributed by atoms with Crippen LogP contribution in [0, 0.1) is 11.8 Å². The smallest absolute Gasteiger partial charge is 0.356 e. The maximum atomic E-state index is 12.7. The zero-order valence-electron chi connectivity index (χ0n) is 9.52. The van der Waals surface area contributed by atoms with Crippen molar-refractivity contribution in [2.45, 2.75) is 38.3 Å². The van der Waals surface area contributed by atoms with Crippen molar-refractivity contribution in [2.24, 2.45) is 11.8 Å².